The van der Waals surface area contributed by atoms with E-state index in [1.54, 1.807) is 0 Å². The fourth-order valence-corrected chi connectivity index (χ4v) is 0.894. The Balaban J connectivity index is 2.92. The molecule has 0 aromatic carbocycles. The molecule has 68 valence electrons. The maximum atomic E-state index is 12.0. The summed E-state index contributed by atoms with van der Waals surface area (Å²) in [6, 6.07) is -0.718. The van der Waals surface area contributed by atoms with Gasteiger partial charge in [-0.05, 0) is 13.0 Å². The van der Waals surface area contributed by atoms with Crippen molar-refractivity contribution in [1.29, 1.82) is 0 Å². The zero-order valence-electron chi connectivity index (χ0n) is 6.35. The largest absolute Gasteiger partial charge is 0.469 e. The summed E-state index contributed by atoms with van der Waals surface area (Å²) in [5.41, 5.74) is 4.92. The minimum absolute atomic E-state index is 0.0116. The van der Waals surface area contributed by atoms with Crippen molar-refractivity contribution in [3.8, 4) is 0 Å². The molecule has 1 rings (SSSR count). The maximum absolute atomic E-state index is 12.0. The molecule has 0 bridgehead atoms. The molecule has 1 aromatic rings. The molecule has 1 atom stereocenters. The van der Waals surface area contributed by atoms with E-state index in [2.05, 4.69) is 0 Å². The molecule has 1 heterocycles. The number of aryl methyl sites for hydroxylation is 1. The second kappa shape index (κ2) is 2.82. The van der Waals surface area contributed by atoms with Crippen molar-refractivity contribution >= 4 is 0 Å². The van der Waals surface area contributed by atoms with E-state index < -0.39 is 12.2 Å². The van der Waals surface area contributed by atoms with Gasteiger partial charge in [0.1, 0.15) is 11.8 Å². The molecule has 1 aromatic heterocycles. The predicted molar refractivity (Wildman–Crippen MR) is 36.4 cm³/mol. The topological polar surface area (TPSA) is 39.2 Å². The quantitative estimate of drug-likeness (QED) is 0.717. The standard InChI is InChI=1S/C7H8F3NO/c1-4-5(2-3-12-4)6(11)7(8,9)10/h2-3,6H,11H2,1H3/t6-/m1/s1. The highest BCUT2D eigenvalue weighted by atomic mass is 19.4. The van der Waals surface area contributed by atoms with Gasteiger partial charge in [0.25, 0.3) is 0 Å². The van der Waals surface area contributed by atoms with Crippen molar-refractivity contribution in [1.82, 2.24) is 0 Å². The highest BCUT2D eigenvalue weighted by Gasteiger charge is 2.39. The van der Waals surface area contributed by atoms with Gasteiger partial charge in [0.05, 0.1) is 6.26 Å². The summed E-state index contributed by atoms with van der Waals surface area (Å²) in [7, 11) is 0. The van der Waals surface area contributed by atoms with Crippen LogP contribution < -0.4 is 5.73 Å². The van der Waals surface area contributed by atoms with Crippen molar-refractivity contribution < 1.29 is 17.6 Å². The van der Waals surface area contributed by atoms with Crippen molar-refractivity contribution in [3.05, 3.63) is 23.7 Å². The van der Waals surface area contributed by atoms with Crippen molar-refractivity contribution in [2.24, 2.45) is 5.73 Å². The molecule has 2 nitrogen and oxygen atoms in total. The SMILES string of the molecule is Cc1occc1[C@@H](N)C(F)(F)F. The Morgan fingerprint density at radius 1 is 1.50 bits per heavy atom. The van der Waals surface area contributed by atoms with Crippen LogP contribution in [0.4, 0.5) is 13.2 Å². The monoisotopic (exact) mass is 179 g/mol. The van der Waals surface area contributed by atoms with E-state index in [1.165, 1.54) is 19.3 Å². The number of furan rings is 1. The van der Waals surface area contributed by atoms with Crippen LogP contribution in [0.5, 0.6) is 0 Å². The average Bonchev–Trinajstić information content (AvgIpc) is 2.31. The Bertz CT molecular complexity index is 266. The minimum Gasteiger partial charge on any atom is -0.469 e. The number of hydrogen-bond donors (Lipinski definition) is 1. The smallest absolute Gasteiger partial charge is 0.407 e. The molecule has 2 N–H and O–H groups in total. The lowest BCUT2D eigenvalue weighted by Gasteiger charge is -2.14. The average molecular weight is 179 g/mol. The number of halogens is 3. The van der Waals surface area contributed by atoms with Crippen molar-refractivity contribution in [2.75, 3.05) is 0 Å². The van der Waals surface area contributed by atoms with Gasteiger partial charge in [-0.25, -0.2) is 0 Å². The molecule has 0 radical (unpaired) electrons. The van der Waals surface area contributed by atoms with Crippen LogP contribution in [0.3, 0.4) is 0 Å². The number of alkyl halides is 3. The van der Waals surface area contributed by atoms with Crippen LogP contribution in [-0.2, 0) is 0 Å². The van der Waals surface area contributed by atoms with Crippen LogP contribution in [0.25, 0.3) is 0 Å². The van der Waals surface area contributed by atoms with E-state index in [-0.39, 0.29) is 11.3 Å². The molecule has 0 aliphatic heterocycles. The van der Waals surface area contributed by atoms with Gasteiger partial charge in [-0.15, -0.1) is 0 Å². The lowest BCUT2D eigenvalue weighted by atomic mass is 10.1. The van der Waals surface area contributed by atoms with Gasteiger partial charge in [0, 0.05) is 5.56 Å². The summed E-state index contributed by atoms with van der Waals surface area (Å²) in [4.78, 5) is 0. The zero-order chi connectivity index (χ0) is 9.35. The van der Waals surface area contributed by atoms with E-state index in [9.17, 15) is 13.2 Å². The second-order valence-corrected chi connectivity index (χ2v) is 2.45. The maximum Gasteiger partial charge on any atom is 0.407 e. The molecular formula is C7H8F3NO. The van der Waals surface area contributed by atoms with Gasteiger partial charge in [-0.3, -0.25) is 0 Å². The van der Waals surface area contributed by atoms with Crippen LogP contribution in [-0.4, -0.2) is 6.18 Å². The van der Waals surface area contributed by atoms with Gasteiger partial charge in [0.2, 0.25) is 0 Å². The zero-order valence-corrected chi connectivity index (χ0v) is 6.35. The van der Waals surface area contributed by atoms with Gasteiger partial charge in [0.15, 0.2) is 0 Å². The predicted octanol–water partition coefficient (Wildman–Crippen LogP) is 2.15. The Morgan fingerprint density at radius 2 is 2.08 bits per heavy atom. The molecule has 12 heavy (non-hydrogen) atoms. The third-order valence-electron chi connectivity index (χ3n) is 1.59. The Hall–Kier alpha value is -0.970. The third kappa shape index (κ3) is 1.61. The summed E-state index contributed by atoms with van der Waals surface area (Å²) >= 11 is 0. The lowest BCUT2D eigenvalue weighted by Crippen LogP contribution is -2.28. The van der Waals surface area contributed by atoms with Gasteiger partial charge in [-0.2, -0.15) is 13.2 Å². The third-order valence-corrected chi connectivity index (χ3v) is 1.59. The van der Waals surface area contributed by atoms with Gasteiger partial charge < -0.3 is 10.2 Å². The molecule has 0 spiro atoms. The van der Waals surface area contributed by atoms with E-state index >= 15 is 0 Å². The molecule has 0 saturated heterocycles. The van der Waals surface area contributed by atoms with E-state index in [1.807, 2.05) is 0 Å². The highest BCUT2D eigenvalue weighted by Crippen LogP contribution is 2.32. The number of nitrogens with two attached hydrogens (primary N) is 1. The first-order valence-electron chi connectivity index (χ1n) is 3.29. The van der Waals surface area contributed by atoms with Crippen LogP contribution in [0.1, 0.15) is 17.4 Å². The van der Waals surface area contributed by atoms with Crippen LogP contribution in [0.2, 0.25) is 0 Å². The van der Waals surface area contributed by atoms with Crippen molar-refractivity contribution in [3.63, 3.8) is 0 Å². The fraction of sp³-hybridized carbons (Fsp3) is 0.429. The first-order chi connectivity index (χ1) is 5.43. The van der Waals surface area contributed by atoms with E-state index in [0.717, 1.165) is 0 Å². The molecular weight excluding hydrogens is 171 g/mol. The van der Waals surface area contributed by atoms with Gasteiger partial charge in [-0.1, -0.05) is 0 Å². The lowest BCUT2D eigenvalue weighted by molar-refractivity contribution is -0.149. The van der Waals surface area contributed by atoms with Crippen LogP contribution in [0.15, 0.2) is 16.7 Å². The van der Waals surface area contributed by atoms with Crippen LogP contribution in [0, 0.1) is 6.92 Å². The minimum atomic E-state index is -4.41. The molecule has 0 aliphatic rings. The van der Waals surface area contributed by atoms with E-state index in [0.29, 0.717) is 0 Å². The summed E-state index contributed by atoms with van der Waals surface area (Å²) < 4.78 is 40.8. The van der Waals surface area contributed by atoms with Gasteiger partial charge >= 0.3 is 6.18 Å². The summed E-state index contributed by atoms with van der Waals surface area (Å²) in [6.45, 7) is 1.45. The molecule has 0 fully saturated rings. The number of rotatable bonds is 1. The number of hydrogen-bond acceptors (Lipinski definition) is 2. The second-order valence-electron chi connectivity index (χ2n) is 2.45. The van der Waals surface area contributed by atoms with Crippen molar-refractivity contribution in [2.45, 2.75) is 19.1 Å². The fourth-order valence-electron chi connectivity index (χ4n) is 0.894. The normalized spacial score (nSPS) is 14.8. The Morgan fingerprint density at radius 3 is 2.42 bits per heavy atom. The Kier molecular flexibility index (Phi) is 2.14. The summed E-state index contributed by atoms with van der Waals surface area (Å²) in [5.74, 6) is 0.208. The molecule has 0 unspecified atom stereocenters. The first kappa shape index (κ1) is 9.12. The summed E-state index contributed by atoms with van der Waals surface area (Å²) in [5, 5.41) is 0. The molecule has 5 heteroatoms. The highest BCUT2D eigenvalue weighted by molar-refractivity contribution is 5.21. The Labute approximate surface area is 67.2 Å². The molecule has 0 amide bonds. The van der Waals surface area contributed by atoms with Crippen LogP contribution >= 0.6 is 0 Å². The first-order valence-corrected chi connectivity index (χ1v) is 3.29. The summed E-state index contributed by atoms with van der Waals surface area (Å²) in [6.07, 6.45) is -3.22. The molecule has 0 aliphatic carbocycles. The molecule has 0 saturated carbocycles. The van der Waals surface area contributed by atoms with E-state index in [4.69, 9.17) is 10.2 Å².